The number of hydrogen-bond donors (Lipinski definition) is 1. The minimum absolute atomic E-state index is 0.0113. The standard InChI is InChI=1S/C16H27N5O2/c1-4-13-18-14-7-6-12(10-21(14)19-13)17-15(22)20-8-9-23-16(3,5-2)11-20/h12H,4-11H2,1-3H3,(H,17,22). The molecule has 2 atom stereocenters. The molecule has 7 nitrogen and oxygen atoms in total. The highest BCUT2D eigenvalue weighted by Crippen LogP contribution is 2.21. The number of morpholine rings is 1. The maximum absolute atomic E-state index is 12.6. The molecular formula is C16H27N5O2. The number of nitrogens with zero attached hydrogens (tertiary/aromatic N) is 4. The van der Waals surface area contributed by atoms with E-state index in [0.717, 1.165) is 37.3 Å². The fourth-order valence-electron chi connectivity index (χ4n) is 3.21. The summed E-state index contributed by atoms with van der Waals surface area (Å²) in [6.45, 7) is 8.85. The second-order valence-corrected chi connectivity index (χ2v) is 6.74. The summed E-state index contributed by atoms with van der Waals surface area (Å²) in [5, 5.41) is 7.66. The zero-order valence-corrected chi connectivity index (χ0v) is 14.3. The molecule has 2 unspecified atom stereocenters. The van der Waals surface area contributed by atoms with E-state index < -0.39 is 0 Å². The van der Waals surface area contributed by atoms with Crippen molar-refractivity contribution < 1.29 is 9.53 Å². The number of aryl methyl sites for hydroxylation is 2. The largest absolute Gasteiger partial charge is 0.372 e. The van der Waals surface area contributed by atoms with Gasteiger partial charge >= 0.3 is 6.03 Å². The molecule has 1 aromatic rings. The van der Waals surface area contributed by atoms with Crippen LogP contribution in [0.3, 0.4) is 0 Å². The second kappa shape index (κ2) is 6.47. The van der Waals surface area contributed by atoms with Crippen LogP contribution in [0.25, 0.3) is 0 Å². The smallest absolute Gasteiger partial charge is 0.317 e. The summed E-state index contributed by atoms with van der Waals surface area (Å²) in [4.78, 5) is 18.9. The minimum atomic E-state index is -0.225. The summed E-state index contributed by atoms with van der Waals surface area (Å²) >= 11 is 0. The van der Waals surface area contributed by atoms with Gasteiger partial charge in [0.2, 0.25) is 0 Å². The van der Waals surface area contributed by atoms with Crippen molar-refractivity contribution in [3.8, 4) is 0 Å². The highest BCUT2D eigenvalue weighted by molar-refractivity contribution is 5.74. The molecule has 2 amide bonds. The first-order valence-corrected chi connectivity index (χ1v) is 8.65. The van der Waals surface area contributed by atoms with Gasteiger partial charge in [-0.25, -0.2) is 14.5 Å². The quantitative estimate of drug-likeness (QED) is 0.912. The average molecular weight is 321 g/mol. The first kappa shape index (κ1) is 16.2. The number of aromatic nitrogens is 3. The van der Waals surface area contributed by atoms with Gasteiger partial charge in [0.05, 0.1) is 31.3 Å². The van der Waals surface area contributed by atoms with E-state index in [2.05, 4.69) is 36.2 Å². The number of urea groups is 1. The van der Waals surface area contributed by atoms with Crippen molar-refractivity contribution in [2.24, 2.45) is 0 Å². The summed E-state index contributed by atoms with van der Waals surface area (Å²) in [5.41, 5.74) is -0.225. The van der Waals surface area contributed by atoms with Gasteiger partial charge in [-0.3, -0.25) is 0 Å². The molecule has 1 fully saturated rings. The van der Waals surface area contributed by atoms with Crippen LogP contribution in [-0.4, -0.2) is 57.0 Å². The van der Waals surface area contributed by atoms with Gasteiger partial charge in [0.25, 0.3) is 0 Å². The van der Waals surface area contributed by atoms with Gasteiger partial charge in [0, 0.05) is 19.4 Å². The van der Waals surface area contributed by atoms with E-state index in [1.807, 2.05) is 9.58 Å². The van der Waals surface area contributed by atoms with Crippen LogP contribution >= 0.6 is 0 Å². The zero-order valence-electron chi connectivity index (χ0n) is 14.3. The minimum Gasteiger partial charge on any atom is -0.372 e. The molecule has 1 aromatic heterocycles. The van der Waals surface area contributed by atoms with Crippen LogP contribution in [0.5, 0.6) is 0 Å². The van der Waals surface area contributed by atoms with E-state index in [4.69, 9.17) is 4.74 Å². The topological polar surface area (TPSA) is 72.3 Å². The lowest BCUT2D eigenvalue weighted by molar-refractivity contribution is -0.0875. The average Bonchev–Trinajstić information content (AvgIpc) is 2.97. The summed E-state index contributed by atoms with van der Waals surface area (Å²) in [5.74, 6) is 1.93. The van der Waals surface area contributed by atoms with E-state index >= 15 is 0 Å². The Morgan fingerprint density at radius 1 is 1.48 bits per heavy atom. The molecule has 3 rings (SSSR count). The Kier molecular flexibility index (Phi) is 4.57. The number of fused-ring (bicyclic) bond motifs is 1. The Hall–Kier alpha value is -1.63. The normalized spacial score (nSPS) is 27.6. The highest BCUT2D eigenvalue weighted by Gasteiger charge is 2.33. The van der Waals surface area contributed by atoms with Gasteiger partial charge < -0.3 is 15.0 Å². The van der Waals surface area contributed by atoms with Crippen molar-refractivity contribution in [3.63, 3.8) is 0 Å². The SMILES string of the molecule is CCc1nc2n(n1)CC(NC(=O)N1CCOC(C)(CC)C1)CC2. The lowest BCUT2D eigenvalue weighted by atomic mass is 10.0. The zero-order chi connectivity index (χ0) is 16.4. The molecule has 1 saturated heterocycles. The predicted molar refractivity (Wildman–Crippen MR) is 86.3 cm³/mol. The van der Waals surface area contributed by atoms with Crippen LogP contribution in [0.15, 0.2) is 0 Å². The molecule has 0 aromatic carbocycles. The molecule has 0 aliphatic carbocycles. The fraction of sp³-hybridized carbons (Fsp3) is 0.812. The molecule has 0 spiro atoms. The molecule has 23 heavy (non-hydrogen) atoms. The van der Waals surface area contributed by atoms with Crippen molar-refractivity contribution in [2.75, 3.05) is 19.7 Å². The van der Waals surface area contributed by atoms with Crippen LogP contribution in [0.4, 0.5) is 4.79 Å². The molecule has 0 bridgehead atoms. The number of carbonyl (C=O) groups is 1. The molecule has 0 saturated carbocycles. The molecule has 7 heteroatoms. The third kappa shape index (κ3) is 3.49. The molecular weight excluding hydrogens is 294 g/mol. The number of amides is 2. The van der Waals surface area contributed by atoms with Gasteiger partial charge in [0.1, 0.15) is 5.82 Å². The van der Waals surface area contributed by atoms with Crippen molar-refractivity contribution >= 4 is 6.03 Å². The summed E-state index contributed by atoms with van der Waals surface area (Å²) < 4.78 is 7.75. The van der Waals surface area contributed by atoms with E-state index in [9.17, 15) is 4.79 Å². The molecule has 0 radical (unpaired) electrons. The Morgan fingerprint density at radius 2 is 2.30 bits per heavy atom. The van der Waals surface area contributed by atoms with Crippen LogP contribution < -0.4 is 5.32 Å². The number of rotatable bonds is 3. The highest BCUT2D eigenvalue weighted by atomic mass is 16.5. The number of hydrogen-bond acceptors (Lipinski definition) is 4. The summed E-state index contributed by atoms with van der Waals surface area (Å²) in [6, 6.07) is 0.134. The summed E-state index contributed by atoms with van der Waals surface area (Å²) in [7, 11) is 0. The van der Waals surface area contributed by atoms with Crippen molar-refractivity contribution in [1.29, 1.82) is 0 Å². The van der Waals surface area contributed by atoms with Crippen LogP contribution in [-0.2, 0) is 24.1 Å². The van der Waals surface area contributed by atoms with Crippen molar-refractivity contribution in [1.82, 2.24) is 25.0 Å². The number of ether oxygens (including phenoxy) is 1. The van der Waals surface area contributed by atoms with E-state index in [1.54, 1.807) is 0 Å². The van der Waals surface area contributed by atoms with Gasteiger partial charge in [-0.2, -0.15) is 5.10 Å². The molecule has 1 N–H and O–H groups in total. The fourth-order valence-corrected chi connectivity index (χ4v) is 3.21. The Bertz CT molecular complexity index is 573. The van der Waals surface area contributed by atoms with Crippen molar-refractivity contribution in [2.45, 2.75) is 64.6 Å². The Labute approximate surface area is 137 Å². The molecule has 2 aliphatic heterocycles. The Balaban J connectivity index is 1.58. The maximum atomic E-state index is 12.6. The second-order valence-electron chi connectivity index (χ2n) is 6.74. The molecule has 2 aliphatic rings. The van der Waals surface area contributed by atoms with Gasteiger partial charge in [-0.1, -0.05) is 13.8 Å². The van der Waals surface area contributed by atoms with E-state index in [1.165, 1.54) is 0 Å². The first-order chi connectivity index (χ1) is 11.0. The number of carbonyl (C=O) groups excluding carboxylic acids is 1. The predicted octanol–water partition coefficient (Wildman–Crippen LogP) is 1.37. The Morgan fingerprint density at radius 3 is 3.04 bits per heavy atom. The van der Waals surface area contributed by atoms with Crippen molar-refractivity contribution in [3.05, 3.63) is 11.6 Å². The monoisotopic (exact) mass is 321 g/mol. The van der Waals surface area contributed by atoms with Gasteiger partial charge in [-0.05, 0) is 19.8 Å². The number of nitrogens with one attached hydrogen (secondary N) is 1. The van der Waals surface area contributed by atoms with E-state index in [-0.39, 0.29) is 17.7 Å². The third-order valence-electron chi connectivity index (χ3n) is 4.92. The van der Waals surface area contributed by atoms with Gasteiger partial charge in [0.15, 0.2) is 5.82 Å². The molecule has 128 valence electrons. The van der Waals surface area contributed by atoms with Crippen LogP contribution in [0, 0.1) is 0 Å². The lowest BCUT2D eigenvalue weighted by Gasteiger charge is -2.40. The molecule has 3 heterocycles. The first-order valence-electron chi connectivity index (χ1n) is 8.65. The van der Waals surface area contributed by atoms with E-state index in [0.29, 0.717) is 26.2 Å². The third-order valence-corrected chi connectivity index (χ3v) is 4.92. The van der Waals surface area contributed by atoms with Crippen LogP contribution in [0.1, 0.15) is 45.3 Å². The maximum Gasteiger partial charge on any atom is 0.317 e. The lowest BCUT2D eigenvalue weighted by Crippen LogP contribution is -2.56. The van der Waals surface area contributed by atoms with Gasteiger partial charge in [-0.15, -0.1) is 0 Å². The van der Waals surface area contributed by atoms with Crippen LogP contribution in [0.2, 0.25) is 0 Å². The summed E-state index contributed by atoms with van der Waals surface area (Å²) in [6.07, 6.45) is 3.54.